The predicted octanol–water partition coefficient (Wildman–Crippen LogP) is 0.998. The van der Waals surface area contributed by atoms with Gasteiger partial charge in [-0.2, -0.15) is 0 Å². The molecule has 1 aliphatic heterocycles. The molecule has 7 nitrogen and oxygen atoms in total. The van der Waals surface area contributed by atoms with Gasteiger partial charge in [-0.05, 0) is 0 Å². The van der Waals surface area contributed by atoms with E-state index in [1.165, 1.54) is 32.2 Å². The van der Waals surface area contributed by atoms with Crippen LogP contribution in [0.1, 0.15) is 26.7 Å². The predicted molar refractivity (Wildman–Crippen MR) is 74.3 cm³/mol. The quantitative estimate of drug-likeness (QED) is 0.325. The van der Waals surface area contributed by atoms with Crippen molar-refractivity contribution in [1.29, 1.82) is 0 Å². The van der Waals surface area contributed by atoms with Crippen LogP contribution < -0.4 is 0 Å². The van der Waals surface area contributed by atoms with E-state index in [1.807, 2.05) is 0 Å². The average molecular weight is 503 g/mol. The monoisotopic (exact) mass is 503 g/mol. The van der Waals surface area contributed by atoms with Gasteiger partial charge in [0.25, 0.3) is 0 Å². The van der Waals surface area contributed by atoms with Crippen molar-refractivity contribution in [2.24, 2.45) is 0 Å². The van der Waals surface area contributed by atoms with E-state index in [2.05, 4.69) is 57.9 Å². The number of methoxy groups -OCH3 is 1. The molecule has 0 aromatic carbocycles. The molecule has 0 aliphatic carbocycles. The van der Waals surface area contributed by atoms with Crippen molar-refractivity contribution in [1.82, 2.24) is 4.90 Å². The summed E-state index contributed by atoms with van der Waals surface area (Å²) in [6, 6.07) is 0.441. The molecule has 0 N–H and O–H groups in total. The molecule has 0 unspecified atom stereocenters. The Morgan fingerprint density at radius 2 is 1.46 bits per heavy atom. The Balaban J connectivity index is -0.000000103. The van der Waals surface area contributed by atoms with Gasteiger partial charge in [0, 0.05) is 0 Å². The molecule has 0 aromatic heterocycles. The van der Waals surface area contributed by atoms with Gasteiger partial charge in [-0.25, -0.2) is 0 Å². The van der Waals surface area contributed by atoms with Gasteiger partial charge >= 0.3 is 154 Å². The molecular weight excluding hydrogens is 486 g/mol. The van der Waals surface area contributed by atoms with Gasteiger partial charge < -0.3 is 0 Å². The number of rotatable bonds is 3. The van der Waals surface area contributed by atoms with E-state index >= 15 is 0 Å². The Morgan fingerprint density at radius 3 is 1.75 bits per heavy atom. The average Bonchev–Trinajstić information content (AvgIpc) is 3.20. The molecule has 0 bridgehead atoms. The van der Waals surface area contributed by atoms with Crippen LogP contribution in [0.3, 0.4) is 0 Å². The molecule has 0 aromatic rings. The van der Waals surface area contributed by atoms with E-state index in [1.54, 1.807) is 7.11 Å². The third kappa shape index (κ3) is 14.3. The number of terminal acetylenes is 1. The van der Waals surface area contributed by atoms with Crippen LogP contribution in [-0.4, -0.2) is 34.2 Å². The summed E-state index contributed by atoms with van der Waals surface area (Å²) < 4.78 is 44.1. The molecule has 0 radical (unpaired) electrons. The molecule has 0 spiro atoms. The summed E-state index contributed by atoms with van der Waals surface area (Å²) >= 11 is 1.38. The summed E-state index contributed by atoms with van der Waals surface area (Å²) in [5.41, 5.74) is -0.103. The van der Waals surface area contributed by atoms with Crippen molar-refractivity contribution in [3.8, 4) is 12.3 Å². The van der Waals surface area contributed by atoms with E-state index in [0.29, 0.717) is 6.04 Å². The Bertz CT molecular complexity index is 421. The van der Waals surface area contributed by atoms with Crippen LogP contribution in [0.4, 0.5) is 0 Å². The SMILES string of the molecule is C#C[C](=[W])N1CCC[C@H]1C(C)(C)OC.[C-]#[O+].[C-]#[O+].[C-]#[O+].[C-]#[O+].[C-]#[O+]. The van der Waals surface area contributed by atoms with Crippen molar-refractivity contribution < 1.29 is 47.4 Å². The van der Waals surface area contributed by atoms with Crippen LogP contribution in [0, 0.1) is 45.6 Å². The van der Waals surface area contributed by atoms with Gasteiger partial charge in [-0.1, -0.05) is 0 Å². The standard InChI is InChI=1S/C11H17NO.5CO.W/c1-5-8-12-9-6-7-10(12)11(2,3)13-4;5*1-2;/h1,10H,6-7,9H2,2-4H3;;;;;;/t10-;;;;;;/m0....../s1. The summed E-state index contributed by atoms with van der Waals surface area (Å²) in [6.45, 7) is 27.9. The van der Waals surface area contributed by atoms with Gasteiger partial charge in [-0.3, -0.25) is 0 Å². The van der Waals surface area contributed by atoms with Crippen molar-refractivity contribution >= 4 is 4.02 Å². The third-order valence-corrected chi connectivity index (χ3v) is 4.23. The second-order valence-corrected chi connectivity index (χ2v) is 5.50. The van der Waals surface area contributed by atoms with Crippen molar-refractivity contribution in [2.75, 3.05) is 13.7 Å². The van der Waals surface area contributed by atoms with Gasteiger partial charge in [0.2, 0.25) is 0 Å². The summed E-state index contributed by atoms with van der Waals surface area (Å²) in [7, 11) is 1.77. The van der Waals surface area contributed by atoms with Crippen LogP contribution in [0.5, 0.6) is 0 Å². The van der Waals surface area contributed by atoms with Crippen molar-refractivity contribution in [3.05, 3.63) is 33.3 Å². The first-order valence-corrected chi connectivity index (χ1v) is 7.34. The zero-order valence-corrected chi connectivity index (χ0v) is 16.5. The molecule has 8 heteroatoms. The van der Waals surface area contributed by atoms with Gasteiger partial charge in [0.05, 0.1) is 0 Å². The summed E-state index contributed by atoms with van der Waals surface area (Å²) in [6.07, 6.45) is 7.85. The summed E-state index contributed by atoms with van der Waals surface area (Å²) in [4.78, 5) is 2.33. The fourth-order valence-electron chi connectivity index (χ4n) is 1.95. The Morgan fingerprint density at radius 1 is 1.08 bits per heavy atom. The zero-order chi connectivity index (χ0) is 20.8. The minimum absolute atomic E-state index is 0.103. The molecule has 1 aliphatic rings. The first-order valence-electron chi connectivity index (χ1n) is 5.87. The number of hydrogen-bond donors (Lipinski definition) is 0. The summed E-state index contributed by atoms with van der Waals surface area (Å²) in [5.74, 6) is 2.76. The molecule has 1 fully saturated rings. The van der Waals surface area contributed by atoms with E-state index in [4.69, 9.17) is 34.4 Å². The molecule has 24 heavy (non-hydrogen) atoms. The van der Waals surface area contributed by atoms with Crippen molar-refractivity contribution in [3.63, 3.8) is 0 Å². The second kappa shape index (κ2) is 26.6. The topological polar surface area (TPSA) is 112 Å². The van der Waals surface area contributed by atoms with Crippen LogP contribution >= 0.6 is 0 Å². The van der Waals surface area contributed by atoms with Crippen LogP contribution in [0.25, 0.3) is 0 Å². The Kier molecular flexibility index (Phi) is 37.9. The van der Waals surface area contributed by atoms with E-state index in [-0.39, 0.29) is 5.60 Å². The van der Waals surface area contributed by atoms with Crippen LogP contribution in [0.15, 0.2) is 0 Å². The second-order valence-electron chi connectivity index (χ2n) is 4.11. The Labute approximate surface area is 154 Å². The number of nitrogens with zero attached hydrogens (tertiary/aromatic N) is 1. The maximum absolute atomic E-state index is 7.50. The fraction of sp³-hybridized carbons (Fsp3) is 0.500. The van der Waals surface area contributed by atoms with Gasteiger partial charge in [0.15, 0.2) is 0 Å². The number of hydrogen-bond acceptors (Lipinski definition) is 2. The molecule has 1 heterocycles. The van der Waals surface area contributed by atoms with Gasteiger partial charge in [-0.15, -0.1) is 0 Å². The van der Waals surface area contributed by atoms with Crippen molar-refractivity contribution in [2.45, 2.75) is 38.3 Å². The van der Waals surface area contributed by atoms with Crippen LogP contribution in [0.2, 0.25) is 0 Å². The Hall–Kier alpha value is -1.26. The zero-order valence-electron chi connectivity index (χ0n) is 13.6. The molecule has 1 saturated heterocycles. The number of likely N-dealkylation sites (tertiary alicyclic amines) is 1. The molecule has 1 atom stereocenters. The molecule has 128 valence electrons. The van der Waals surface area contributed by atoms with E-state index in [0.717, 1.165) is 10.6 Å². The van der Waals surface area contributed by atoms with E-state index < -0.39 is 0 Å². The molecule has 0 amide bonds. The first-order chi connectivity index (χ1) is 11.5. The molecule has 0 saturated carbocycles. The normalized spacial score (nSPS) is 14.1. The maximum atomic E-state index is 7.50. The third-order valence-electron chi connectivity index (χ3n) is 2.97. The molecule has 1 rings (SSSR count). The minimum atomic E-state index is -0.103. The van der Waals surface area contributed by atoms with Gasteiger partial charge in [0.1, 0.15) is 0 Å². The molecular formula is C16H17NO6W. The number of ether oxygens (including phenoxy) is 1. The fourth-order valence-corrected chi connectivity index (χ4v) is 2.74. The first kappa shape index (κ1) is 34.1. The van der Waals surface area contributed by atoms with E-state index in [9.17, 15) is 0 Å². The summed E-state index contributed by atoms with van der Waals surface area (Å²) in [5, 5.41) is 0. The van der Waals surface area contributed by atoms with Crippen LogP contribution in [-0.2, 0) is 47.4 Å².